The van der Waals surface area contributed by atoms with Crippen LogP contribution < -0.4 is 9.47 Å². The second-order valence-corrected chi connectivity index (χ2v) is 6.45. The molecular formula is C19H21N3O3. The summed E-state index contributed by atoms with van der Waals surface area (Å²) >= 11 is 0. The molecule has 2 aromatic rings. The highest BCUT2D eigenvalue weighted by molar-refractivity contribution is 5.95. The molecule has 1 fully saturated rings. The van der Waals surface area contributed by atoms with E-state index < -0.39 is 0 Å². The molecule has 1 saturated heterocycles. The molecule has 6 nitrogen and oxygen atoms in total. The van der Waals surface area contributed by atoms with Gasteiger partial charge in [0.2, 0.25) is 6.79 Å². The molecule has 0 N–H and O–H groups in total. The van der Waals surface area contributed by atoms with E-state index in [0.717, 1.165) is 49.8 Å². The monoisotopic (exact) mass is 339 g/mol. The number of rotatable bonds is 3. The Hall–Kier alpha value is -2.60. The Morgan fingerprint density at radius 1 is 1.12 bits per heavy atom. The number of ether oxygens (including phenoxy) is 2. The molecular weight excluding hydrogens is 318 g/mol. The number of benzene rings is 1. The van der Waals surface area contributed by atoms with E-state index in [0.29, 0.717) is 12.4 Å². The summed E-state index contributed by atoms with van der Waals surface area (Å²) < 4.78 is 10.8. The van der Waals surface area contributed by atoms with Gasteiger partial charge in [0.25, 0.3) is 5.91 Å². The second-order valence-electron chi connectivity index (χ2n) is 6.45. The summed E-state index contributed by atoms with van der Waals surface area (Å²) in [5.41, 5.74) is 2.88. The Labute approximate surface area is 147 Å². The quantitative estimate of drug-likeness (QED) is 0.857. The van der Waals surface area contributed by atoms with Crippen LogP contribution in [0.2, 0.25) is 0 Å². The standard InChI is InChI=1S/C19H21N3O3/c1-14-4-5-20-11-16(14)19(23)22-8-6-21(7-9-22)12-15-2-3-17-18(10-15)25-13-24-17/h2-5,10-11H,6-9,12-13H2,1H3. The minimum atomic E-state index is 0.0772. The van der Waals surface area contributed by atoms with E-state index in [1.165, 1.54) is 5.56 Å². The number of carbonyl (C=O) groups is 1. The smallest absolute Gasteiger partial charge is 0.255 e. The van der Waals surface area contributed by atoms with Crippen LogP contribution in [0.15, 0.2) is 36.7 Å². The zero-order valence-electron chi connectivity index (χ0n) is 14.3. The number of hydrogen-bond acceptors (Lipinski definition) is 5. The van der Waals surface area contributed by atoms with Gasteiger partial charge >= 0.3 is 0 Å². The molecule has 130 valence electrons. The minimum absolute atomic E-state index is 0.0772. The van der Waals surface area contributed by atoms with E-state index in [2.05, 4.69) is 16.0 Å². The van der Waals surface area contributed by atoms with E-state index in [4.69, 9.17) is 9.47 Å². The first-order valence-electron chi connectivity index (χ1n) is 8.51. The molecule has 2 aliphatic heterocycles. The van der Waals surface area contributed by atoms with E-state index in [9.17, 15) is 4.79 Å². The van der Waals surface area contributed by atoms with Gasteiger partial charge in [0.05, 0.1) is 5.56 Å². The first-order chi connectivity index (χ1) is 12.2. The molecule has 25 heavy (non-hydrogen) atoms. The van der Waals surface area contributed by atoms with Crippen LogP contribution in [0.25, 0.3) is 0 Å². The molecule has 4 rings (SSSR count). The van der Waals surface area contributed by atoms with Crippen molar-refractivity contribution in [3.8, 4) is 11.5 Å². The van der Waals surface area contributed by atoms with Crippen molar-refractivity contribution in [1.82, 2.24) is 14.8 Å². The van der Waals surface area contributed by atoms with Gasteiger partial charge in [-0.1, -0.05) is 6.07 Å². The number of piperazine rings is 1. The van der Waals surface area contributed by atoms with E-state index >= 15 is 0 Å². The lowest BCUT2D eigenvalue weighted by atomic mass is 10.1. The Kier molecular flexibility index (Phi) is 4.28. The van der Waals surface area contributed by atoms with Crippen molar-refractivity contribution < 1.29 is 14.3 Å². The lowest BCUT2D eigenvalue weighted by Crippen LogP contribution is -2.48. The highest BCUT2D eigenvalue weighted by Crippen LogP contribution is 2.32. The summed E-state index contributed by atoms with van der Waals surface area (Å²) in [7, 11) is 0. The third-order valence-corrected chi connectivity index (χ3v) is 4.77. The van der Waals surface area contributed by atoms with Crippen molar-refractivity contribution in [3.63, 3.8) is 0 Å². The third kappa shape index (κ3) is 3.30. The maximum atomic E-state index is 12.7. The number of hydrogen-bond donors (Lipinski definition) is 0. The van der Waals surface area contributed by atoms with Gasteiger partial charge in [-0.05, 0) is 36.2 Å². The topological polar surface area (TPSA) is 54.9 Å². The fourth-order valence-electron chi connectivity index (χ4n) is 3.26. The molecule has 3 heterocycles. The summed E-state index contributed by atoms with van der Waals surface area (Å²) in [6.07, 6.45) is 3.38. The SMILES string of the molecule is Cc1ccncc1C(=O)N1CCN(Cc2ccc3c(c2)OCO3)CC1. The zero-order valence-corrected chi connectivity index (χ0v) is 14.3. The van der Waals surface area contributed by atoms with Crippen LogP contribution in [0, 0.1) is 6.92 Å². The summed E-state index contributed by atoms with van der Waals surface area (Å²) in [6.45, 7) is 6.29. The number of fused-ring (bicyclic) bond motifs is 1. The maximum Gasteiger partial charge on any atom is 0.255 e. The second kappa shape index (κ2) is 6.72. The summed E-state index contributed by atoms with van der Waals surface area (Å²) in [5.74, 6) is 1.71. The Morgan fingerprint density at radius 3 is 2.72 bits per heavy atom. The number of pyridine rings is 1. The average Bonchev–Trinajstić information content (AvgIpc) is 3.10. The lowest BCUT2D eigenvalue weighted by Gasteiger charge is -2.35. The Morgan fingerprint density at radius 2 is 1.92 bits per heavy atom. The molecule has 1 aromatic heterocycles. The van der Waals surface area contributed by atoms with Crippen molar-refractivity contribution in [2.75, 3.05) is 33.0 Å². The number of carbonyl (C=O) groups excluding carboxylic acids is 1. The number of nitrogens with zero attached hydrogens (tertiary/aromatic N) is 3. The van der Waals surface area contributed by atoms with Crippen LogP contribution in [-0.4, -0.2) is 53.7 Å². The normalized spacial score (nSPS) is 16.9. The molecule has 0 radical (unpaired) electrons. The Bertz CT molecular complexity index is 785. The van der Waals surface area contributed by atoms with Crippen LogP contribution in [0.3, 0.4) is 0 Å². The van der Waals surface area contributed by atoms with Crippen molar-refractivity contribution in [1.29, 1.82) is 0 Å². The van der Waals surface area contributed by atoms with Gasteiger partial charge in [-0.2, -0.15) is 0 Å². The summed E-state index contributed by atoms with van der Waals surface area (Å²) in [6, 6.07) is 7.95. The van der Waals surface area contributed by atoms with Gasteiger partial charge in [-0.3, -0.25) is 14.7 Å². The first kappa shape index (κ1) is 15.9. The van der Waals surface area contributed by atoms with Gasteiger partial charge in [-0.25, -0.2) is 0 Å². The molecule has 0 bridgehead atoms. The third-order valence-electron chi connectivity index (χ3n) is 4.77. The van der Waals surface area contributed by atoms with E-state index in [1.807, 2.05) is 30.0 Å². The van der Waals surface area contributed by atoms with Gasteiger partial charge in [0.1, 0.15) is 0 Å². The van der Waals surface area contributed by atoms with Gasteiger partial charge in [0.15, 0.2) is 11.5 Å². The average molecular weight is 339 g/mol. The molecule has 0 aliphatic carbocycles. The van der Waals surface area contributed by atoms with E-state index in [-0.39, 0.29) is 5.91 Å². The fraction of sp³-hybridized carbons (Fsp3) is 0.368. The number of amides is 1. The van der Waals surface area contributed by atoms with Crippen LogP contribution >= 0.6 is 0 Å². The first-order valence-corrected chi connectivity index (χ1v) is 8.51. The van der Waals surface area contributed by atoms with Gasteiger partial charge in [-0.15, -0.1) is 0 Å². The van der Waals surface area contributed by atoms with Gasteiger partial charge < -0.3 is 14.4 Å². The lowest BCUT2D eigenvalue weighted by molar-refractivity contribution is 0.0627. The van der Waals surface area contributed by atoms with Crippen molar-refractivity contribution in [2.45, 2.75) is 13.5 Å². The van der Waals surface area contributed by atoms with Crippen LogP contribution in [0.5, 0.6) is 11.5 Å². The molecule has 6 heteroatoms. The summed E-state index contributed by atoms with van der Waals surface area (Å²) in [4.78, 5) is 21.0. The number of aryl methyl sites for hydroxylation is 1. The minimum Gasteiger partial charge on any atom is -0.454 e. The van der Waals surface area contributed by atoms with Crippen LogP contribution in [0.1, 0.15) is 21.5 Å². The highest BCUT2D eigenvalue weighted by Gasteiger charge is 2.23. The molecule has 0 saturated carbocycles. The molecule has 2 aliphatic rings. The molecule has 0 unspecified atom stereocenters. The predicted molar refractivity (Wildman–Crippen MR) is 92.7 cm³/mol. The Balaban J connectivity index is 1.35. The molecule has 1 aromatic carbocycles. The predicted octanol–water partition coefficient (Wildman–Crippen LogP) is 2.08. The van der Waals surface area contributed by atoms with Crippen molar-refractivity contribution in [3.05, 3.63) is 53.3 Å². The van der Waals surface area contributed by atoms with Crippen molar-refractivity contribution >= 4 is 5.91 Å². The molecule has 0 spiro atoms. The maximum absolute atomic E-state index is 12.7. The molecule has 1 amide bonds. The van der Waals surface area contributed by atoms with Crippen molar-refractivity contribution in [2.24, 2.45) is 0 Å². The fourth-order valence-corrected chi connectivity index (χ4v) is 3.26. The highest BCUT2D eigenvalue weighted by atomic mass is 16.7. The zero-order chi connectivity index (χ0) is 17.2. The molecule has 0 atom stereocenters. The largest absolute Gasteiger partial charge is 0.454 e. The summed E-state index contributed by atoms with van der Waals surface area (Å²) in [5, 5.41) is 0. The number of aromatic nitrogens is 1. The van der Waals surface area contributed by atoms with Gasteiger partial charge in [0, 0.05) is 45.1 Å². The van der Waals surface area contributed by atoms with Crippen LogP contribution in [0.4, 0.5) is 0 Å². The van der Waals surface area contributed by atoms with E-state index in [1.54, 1.807) is 12.4 Å². The van der Waals surface area contributed by atoms with Crippen LogP contribution in [-0.2, 0) is 6.54 Å².